The molecular formula is C17H13NO7. The van der Waals surface area contributed by atoms with Crippen LogP contribution in [0.3, 0.4) is 0 Å². The molecule has 0 aromatic heterocycles. The number of Topliss-reactive ketones (excluding diaryl/α,β-unsaturated/α-hetero) is 1. The van der Waals surface area contributed by atoms with Gasteiger partial charge >= 0.3 is 5.97 Å². The molecule has 128 valence electrons. The average molecular weight is 343 g/mol. The highest BCUT2D eigenvalue weighted by Crippen LogP contribution is 2.30. The van der Waals surface area contributed by atoms with Gasteiger partial charge in [-0.3, -0.25) is 14.9 Å². The van der Waals surface area contributed by atoms with Crippen LogP contribution >= 0.6 is 0 Å². The Morgan fingerprint density at radius 1 is 1.04 bits per heavy atom. The molecule has 0 fully saturated rings. The maximum Gasteiger partial charge on any atom is 0.338 e. The van der Waals surface area contributed by atoms with Gasteiger partial charge in [-0.2, -0.15) is 0 Å². The SMILES string of the molecule is O=C(COC(=O)c1ccc2c(c1)OCCO2)c1cccc([N+](=O)[O-])c1. The first-order valence-electron chi connectivity index (χ1n) is 7.39. The monoisotopic (exact) mass is 343 g/mol. The van der Waals surface area contributed by atoms with Gasteiger partial charge in [0.2, 0.25) is 5.78 Å². The summed E-state index contributed by atoms with van der Waals surface area (Å²) in [4.78, 5) is 34.2. The molecule has 1 aliphatic heterocycles. The van der Waals surface area contributed by atoms with E-state index in [4.69, 9.17) is 14.2 Å². The van der Waals surface area contributed by atoms with Crippen molar-refractivity contribution in [1.29, 1.82) is 0 Å². The number of hydrogen-bond donors (Lipinski definition) is 0. The Hall–Kier alpha value is -3.42. The molecule has 0 saturated carbocycles. The number of fused-ring (bicyclic) bond motifs is 1. The minimum absolute atomic E-state index is 0.101. The van der Waals surface area contributed by atoms with E-state index in [-0.39, 0.29) is 16.8 Å². The summed E-state index contributed by atoms with van der Waals surface area (Å²) in [5.74, 6) is -0.258. The molecule has 0 bridgehead atoms. The summed E-state index contributed by atoms with van der Waals surface area (Å²) in [5, 5.41) is 10.7. The molecule has 0 N–H and O–H groups in total. The number of esters is 1. The van der Waals surface area contributed by atoms with Crippen LogP contribution in [0.1, 0.15) is 20.7 Å². The van der Waals surface area contributed by atoms with Crippen LogP contribution in [0.25, 0.3) is 0 Å². The summed E-state index contributed by atoms with van der Waals surface area (Å²) in [6.07, 6.45) is 0. The minimum atomic E-state index is -0.698. The first-order valence-corrected chi connectivity index (χ1v) is 7.39. The number of nitro benzene ring substituents is 1. The lowest BCUT2D eigenvalue weighted by Gasteiger charge is -2.18. The predicted molar refractivity (Wildman–Crippen MR) is 85.1 cm³/mol. The number of carbonyl (C=O) groups excluding carboxylic acids is 2. The summed E-state index contributed by atoms with van der Waals surface area (Å²) in [7, 11) is 0. The lowest BCUT2D eigenvalue weighted by atomic mass is 10.1. The maximum atomic E-state index is 12.1. The summed E-state index contributed by atoms with van der Waals surface area (Å²) in [6.45, 7) is 0.305. The van der Waals surface area contributed by atoms with Crippen LogP contribution in [0, 0.1) is 10.1 Å². The number of rotatable bonds is 5. The van der Waals surface area contributed by atoms with Crippen LogP contribution in [0.4, 0.5) is 5.69 Å². The van der Waals surface area contributed by atoms with E-state index in [0.717, 1.165) is 6.07 Å². The summed E-state index contributed by atoms with van der Waals surface area (Å²) in [5.41, 5.74) is 0.115. The number of nitro groups is 1. The molecule has 0 aliphatic carbocycles. The second-order valence-corrected chi connectivity index (χ2v) is 5.17. The molecule has 0 unspecified atom stereocenters. The van der Waals surface area contributed by atoms with Gasteiger partial charge in [0.1, 0.15) is 13.2 Å². The topological polar surface area (TPSA) is 105 Å². The molecule has 0 spiro atoms. The molecule has 8 heteroatoms. The van der Waals surface area contributed by atoms with Crippen molar-refractivity contribution in [1.82, 2.24) is 0 Å². The third-order valence-electron chi connectivity index (χ3n) is 3.49. The molecule has 0 atom stereocenters. The maximum absolute atomic E-state index is 12.1. The molecule has 3 rings (SSSR count). The van der Waals surface area contributed by atoms with Crippen molar-refractivity contribution < 1.29 is 28.7 Å². The van der Waals surface area contributed by atoms with Gasteiger partial charge in [-0.25, -0.2) is 4.79 Å². The van der Waals surface area contributed by atoms with Gasteiger partial charge in [0.15, 0.2) is 18.1 Å². The third kappa shape index (κ3) is 3.74. The minimum Gasteiger partial charge on any atom is -0.486 e. The van der Waals surface area contributed by atoms with E-state index < -0.39 is 23.3 Å². The van der Waals surface area contributed by atoms with E-state index in [2.05, 4.69) is 0 Å². The predicted octanol–water partition coefficient (Wildman–Crippen LogP) is 2.41. The van der Waals surface area contributed by atoms with Gasteiger partial charge in [0.05, 0.1) is 10.5 Å². The van der Waals surface area contributed by atoms with Crippen molar-refractivity contribution in [3.63, 3.8) is 0 Å². The fourth-order valence-electron chi connectivity index (χ4n) is 2.26. The molecule has 1 heterocycles. The number of carbonyl (C=O) groups is 2. The van der Waals surface area contributed by atoms with Gasteiger partial charge in [0.25, 0.3) is 5.69 Å². The zero-order chi connectivity index (χ0) is 17.8. The zero-order valence-electron chi connectivity index (χ0n) is 13.0. The van der Waals surface area contributed by atoms with Gasteiger partial charge in [-0.05, 0) is 18.2 Å². The highest BCUT2D eigenvalue weighted by Gasteiger charge is 2.18. The van der Waals surface area contributed by atoms with Crippen LogP contribution in [0.15, 0.2) is 42.5 Å². The highest BCUT2D eigenvalue weighted by molar-refractivity contribution is 5.99. The Kier molecular flexibility index (Phi) is 4.60. The second-order valence-electron chi connectivity index (χ2n) is 5.17. The molecule has 8 nitrogen and oxygen atoms in total. The van der Waals surface area contributed by atoms with Crippen molar-refractivity contribution in [2.24, 2.45) is 0 Å². The molecule has 25 heavy (non-hydrogen) atoms. The van der Waals surface area contributed by atoms with Gasteiger partial charge in [-0.1, -0.05) is 12.1 Å². The summed E-state index contributed by atoms with van der Waals surface area (Å²) < 4.78 is 15.7. The number of non-ortho nitro benzene ring substituents is 1. The average Bonchev–Trinajstić information content (AvgIpc) is 2.65. The van der Waals surface area contributed by atoms with Gasteiger partial charge in [0, 0.05) is 17.7 Å². The highest BCUT2D eigenvalue weighted by atomic mass is 16.6. The quantitative estimate of drug-likeness (QED) is 0.355. The number of nitrogens with zero attached hydrogens (tertiary/aromatic N) is 1. The van der Waals surface area contributed by atoms with E-state index in [1.54, 1.807) is 6.07 Å². The molecule has 1 aliphatic rings. The smallest absolute Gasteiger partial charge is 0.338 e. The van der Waals surface area contributed by atoms with Crippen LogP contribution in [0.5, 0.6) is 11.5 Å². The van der Waals surface area contributed by atoms with Gasteiger partial charge in [-0.15, -0.1) is 0 Å². The van der Waals surface area contributed by atoms with Crippen molar-refractivity contribution in [2.75, 3.05) is 19.8 Å². The third-order valence-corrected chi connectivity index (χ3v) is 3.49. The molecule has 0 amide bonds. The first kappa shape index (κ1) is 16.4. The molecule has 0 saturated heterocycles. The lowest BCUT2D eigenvalue weighted by Crippen LogP contribution is -2.17. The van der Waals surface area contributed by atoms with E-state index in [0.29, 0.717) is 24.7 Å². The first-order chi connectivity index (χ1) is 12.0. The van der Waals surface area contributed by atoms with Crippen molar-refractivity contribution in [3.8, 4) is 11.5 Å². The zero-order valence-corrected chi connectivity index (χ0v) is 13.0. The van der Waals surface area contributed by atoms with E-state index >= 15 is 0 Å². The van der Waals surface area contributed by atoms with E-state index in [1.807, 2.05) is 0 Å². The molecular weight excluding hydrogens is 330 g/mol. The Balaban J connectivity index is 1.65. The molecule has 2 aromatic rings. The Labute approximate surface area is 142 Å². The summed E-state index contributed by atoms with van der Waals surface area (Å²) >= 11 is 0. The Morgan fingerprint density at radius 3 is 2.56 bits per heavy atom. The fourth-order valence-corrected chi connectivity index (χ4v) is 2.26. The van der Waals surface area contributed by atoms with Crippen molar-refractivity contribution in [3.05, 3.63) is 63.7 Å². The van der Waals surface area contributed by atoms with Crippen LogP contribution in [-0.2, 0) is 4.74 Å². The Morgan fingerprint density at radius 2 is 1.80 bits per heavy atom. The van der Waals surface area contributed by atoms with Crippen LogP contribution in [0.2, 0.25) is 0 Å². The second kappa shape index (κ2) is 7.00. The molecule has 2 aromatic carbocycles. The summed E-state index contributed by atoms with van der Waals surface area (Å²) in [6, 6.07) is 9.81. The largest absolute Gasteiger partial charge is 0.486 e. The Bertz CT molecular complexity index is 847. The number of ether oxygens (including phenoxy) is 3. The van der Waals surface area contributed by atoms with E-state index in [9.17, 15) is 19.7 Å². The van der Waals surface area contributed by atoms with Crippen molar-refractivity contribution in [2.45, 2.75) is 0 Å². The number of hydrogen-bond acceptors (Lipinski definition) is 7. The standard InChI is InChI=1S/C17H13NO7/c19-14(11-2-1-3-13(8-11)18(21)22)10-25-17(20)12-4-5-15-16(9-12)24-7-6-23-15/h1-5,8-9H,6-7,10H2. The molecule has 0 radical (unpaired) electrons. The van der Waals surface area contributed by atoms with Gasteiger partial charge < -0.3 is 14.2 Å². The number of ketones is 1. The lowest BCUT2D eigenvalue weighted by molar-refractivity contribution is -0.384. The normalized spacial score (nSPS) is 12.3. The van der Waals surface area contributed by atoms with Crippen LogP contribution < -0.4 is 9.47 Å². The van der Waals surface area contributed by atoms with E-state index in [1.165, 1.54) is 30.3 Å². The fraction of sp³-hybridized carbons (Fsp3) is 0.176. The van der Waals surface area contributed by atoms with Crippen molar-refractivity contribution >= 4 is 17.4 Å². The number of benzene rings is 2. The van der Waals surface area contributed by atoms with Crippen LogP contribution in [-0.4, -0.2) is 36.5 Å².